The Balaban J connectivity index is 2.24. The van der Waals surface area contributed by atoms with Crippen LogP contribution in [0.3, 0.4) is 0 Å². The molecule has 2 aromatic carbocycles. The average Bonchev–Trinajstić information content (AvgIpc) is 2.50. The molecular weight excluding hydrogens is 304 g/mol. The maximum Gasteiger partial charge on any atom is 0.258 e. The summed E-state index contributed by atoms with van der Waals surface area (Å²) < 4.78 is 27.0. The number of nitrogens with two attached hydrogens (primary N) is 1. The van der Waals surface area contributed by atoms with E-state index in [1.54, 1.807) is 0 Å². The molecule has 0 heterocycles. The lowest BCUT2D eigenvalue weighted by Crippen LogP contribution is -2.19. The predicted molar refractivity (Wildman–Crippen MR) is 83.1 cm³/mol. The van der Waals surface area contributed by atoms with Crippen LogP contribution in [0.4, 0.5) is 20.2 Å². The largest absolute Gasteiger partial charge is 0.330 e. The summed E-state index contributed by atoms with van der Waals surface area (Å²) >= 11 is 0. The molecule has 0 saturated heterocycles. The number of anilines is 2. The van der Waals surface area contributed by atoms with Crippen molar-refractivity contribution in [3.8, 4) is 0 Å². The van der Waals surface area contributed by atoms with Crippen molar-refractivity contribution in [3.05, 3.63) is 59.7 Å². The zero-order valence-electron chi connectivity index (χ0n) is 12.1. The molecule has 0 bridgehead atoms. The van der Waals surface area contributed by atoms with Crippen LogP contribution in [0, 0.1) is 11.6 Å². The fourth-order valence-electron chi connectivity index (χ4n) is 1.91. The fourth-order valence-corrected chi connectivity index (χ4v) is 1.91. The number of hydrogen-bond donors (Lipinski definition) is 3. The van der Waals surface area contributed by atoms with Crippen molar-refractivity contribution in [1.82, 2.24) is 0 Å². The number of hydrogen-bond acceptors (Lipinski definition) is 3. The Morgan fingerprint density at radius 2 is 1.74 bits per heavy atom. The first-order chi connectivity index (χ1) is 11.0. The number of benzene rings is 2. The second kappa shape index (κ2) is 7.46. The lowest BCUT2D eigenvalue weighted by Gasteiger charge is -2.12. The van der Waals surface area contributed by atoms with Gasteiger partial charge in [-0.25, -0.2) is 8.78 Å². The van der Waals surface area contributed by atoms with E-state index in [2.05, 4.69) is 10.6 Å². The summed E-state index contributed by atoms with van der Waals surface area (Å²) in [7, 11) is 0. The van der Waals surface area contributed by atoms with Crippen molar-refractivity contribution >= 4 is 23.2 Å². The number of rotatable bonds is 5. The lowest BCUT2D eigenvalue weighted by molar-refractivity contribution is -0.116. The molecule has 0 atom stereocenters. The third kappa shape index (κ3) is 4.33. The molecule has 120 valence electrons. The van der Waals surface area contributed by atoms with E-state index in [1.807, 2.05) is 0 Å². The van der Waals surface area contributed by atoms with Gasteiger partial charge in [0.2, 0.25) is 5.91 Å². The summed E-state index contributed by atoms with van der Waals surface area (Å²) in [6, 6.07) is 8.92. The molecule has 2 aromatic rings. The van der Waals surface area contributed by atoms with Crippen molar-refractivity contribution in [3.63, 3.8) is 0 Å². The highest BCUT2D eigenvalue weighted by atomic mass is 19.1. The van der Waals surface area contributed by atoms with Crippen LogP contribution in [-0.2, 0) is 4.79 Å². The third-order valence-corrected chi connectivity index (χ3v) is 2.99. The highest BCUT2D eigenvalue weighted by Gasteiger charge is 2.14. The van der Waals surface area contributed by atoms with E-state index in [1.165, 1.54) is 24.3 Å². The van der Waals surface area contributed by atoms with Gasteiger partial charge in [-0.1, -0.05) is 12.1 Å². The summed E-state index contributed by atoms with van der Waals surface area (Å²) in [5, 5.41) is 4.91. The standard InChI is InChI=1S/C16H15F2N3O2/c17-10-5-6-13(14(9-10)20-15(22)7-8-19)21-16(23)11-3-1-2-4-12(11)18/h1-6,9H,7-8,19H2,(H,20,22)(H,21,23). The van der Waals surface area contributed by atoms with Gasteiger partial charge in [0.15, 0.2) is 0 Å². The van der Waals surface area contributed by atoms with Crippen LogP contribution in [0.25, 0.3) is 0 Å². The third-order valence-electron chi connectivity index (χ3n) is 2.99. The molecule has 4 N–H and O–H groups in total. The maximum atomic E-state index is 13.6. The molecular formula is C16H15F2N3O2. The molecule has 0 aliphatic heterocycles. The molecule has 7 heteroatoms. The minimum Gasteiger partial charge on any atom is -0.330 e. The zero-order valence-corrected chi connectivity index (χ0v) is 12.1. The molecule has 23 heavy (non-hydrogen) atoms. The van der Waals surface area contributed by atoms with E-state index in [4.69, 9.17) is 5.73 Å². The van der Waals surface area contributed by atoms with E-state index >= 15 is 0 Å². The topological polar surface area (TPSA) is 84.2 Å². The highest BCUT2D eigenvalue weighted by Crippen LogP contribution is 2.24. The average molecular weight is 319 g/mol. The first-order valence-electron chi connectivity index (χ1n) is 6.86. The van der Waals surface area contributed by atoms with Crippen LogP contribution >= 0.6 is 0 Å². The molecule has 0 aliphatic carbocycles. The Hall–Kier alpha value is -2.80. The summed E-state index contributed by atoms with van der Waals surface area (Å²) in [4.78, 5) is 23.7. The van der Waals surface area contributed by atoms with E-state index in [-0.39, 0.29) is 29.9 Å². The first-order valence-corrected chi connectivity index (χ1v) is 6.86. The second-order valence-electron chi connectivity index (χ2n) is 4.71. The van der Waals surface area contributed by atoms with Crippen molar-refractivity contribution in [2.24, 2.45) is 5.73 Å². The predicted octanol–water partition coefficient (Wildman–Crippen LogP) is 2.50. The van der Waals surface area contributed by atoms with E-state index in [9.17, 15) is 18.4 Å². The van der Waals surface area contributed by atoms with Gasteiger partial charge in [0.05, 0.1) is 16.9 Å². The normalized spacial score (nSPS) is 10.2. The molecule has 0 aliphatic rings. The Morgan fingerprint density at radius 1 is 1.00 bits per heavy atom. The monoisotopic (exact) mass is 319 g/mol. The number of nitrogens with one attached hydrogen (secondary N) is 2. The van der Waals surface area contributed by atoms with Crippen molar-refractivity contribution in [2.75, 3.05) is 17.2 Å². The molecule has 0 radical (unpaired) electrons. The Labute approximate surface area is 131 Å². The first kappa shape index (κ1) is 16.6. The number of carbonyl (C=O) groups excluding carboxylic acids is 2. The van der Waals surface area contributed by atoms with Gasteiger partial charge in [-0.15, -0.1) is 0 Å². The zero-order chi connectivity index (χ0) is 16.8. The molecule has 0 fully saturated rings. The van der Waals surface area contributed by atoms with Crippen LogP contribution in [0.5, 0.6) is 0 Å². The molecule has 5 nitrogen and oxygen atoms in total. The van der Waals surface area contributed by atoms with Gasteiger partial charge >= 0.3 is 0 Å². The van der Waals surface area contributed by atoms with Crippen LogP contribution in [0.2, 0.25) is 0 Å². The maximum absolute atomic E-state index is 13.6. The van der Waals surface area contributed by atoms with Crippen LogP contribution in [0.15, 0.2) is 42.5 Å². The number of amides is 2. The van der Waals surface area contributed by atoms with Crippen molar-refractivity contribution < 1.29 is 18.4 Å². The molecule has 0 spiro atoms. The van der Waals surface area contributed by atoms with E-state index in [0.29, 0.717) is 0 Å². The van der Waals surface area contributed by atoms with E-state index in [0.717, 1.165) is 18.2 Å². The van der Waals surface area contributed by atoms with Gasteiger partial charge in [-0.2, -0.15) is 0 Å². The molecule has 0 saturated carbocycles. The quantitative estimate of drug-likeness (QED) is 0.791. The molecule has 2 rings (SSSR count). The van der Waals surface area contributed by atoms with Gasteiger partial charge in [-0.3, -0.25) is 9.59 Å². The number of halogens is 2. The lowest BCUT2D eigenvalue weighted by atomic mass is 10.2. The molecule has 0 aromatic heterocycles. The summed E-state index contributed by atoms with van der Waals surface area (Å²) in [5.41, 5.74) is 5.36. The van der Waals surface area contributed by atoms with Crippen LogP contribution in [0.1, 0.15) is 16.8 Å². The van der Waals surface area contributed by atoms with Gasteiger partial charge in [0.25, 0.3) is 5.91 Å². The fraction of sp³-hybridized carbons (Fsp3) is 0.125. The van der Waals surface area contributed by atoms with Crippen LogP contribution in [-0.4, -0.2) is 18.4 Å². The minimum absolute atomic E-state index is 0.0528. The van der Waals surface area contributed by atoms with Gasteiger partial charge in [0.1, 0.15) is 11.6 Å². The smallest absolute Gasteiger partial charge is 0.258 e. The Morgan fingerprint density at radius 3 is 2.43 bits per heavy atom. The van der Waals surface area contributed by atoms with Gasteiger partial charge in [0, 0.05) is 13.0 Å². The van der Waals surface area contributed by atoms with E-state index < -0.39 is 23.4 Å². The van der Waals surface area contributed by atoms with Crippen LogP contribution < -0.4 is 16.4 Å². The summed E-state index contributed by atoms with van der Waals surface area (Å²) in [6.45, 7) is 0.137. The molecule has 2 amide bonds. The Bertz CT molecular complexity index is 735. The van der Waals surface area contributed by atoms with Gasteiger partial charge < -0.3 is 16.4 Å². The van der Waals surface area contributed by atoms with Crippen molar-refractivity contribution in [1.29, 1.82) is 0 Å². The second-order valence-corrected chi connectivity index (χ2v) is 4.71. The van der Waals surface area contributed by atoms with Crippen molar-refractivity contribution in [2.45, 2.75) is 6.42 Å². The van der Waals surface area contributed by atoms with Gasteiger partial charge in [-0.05, 0) is 30.3 Å². The minimum atomic E-state index is -0.705. The Kier molecular flexibility index (Phi) is 5.37. The number of carbonyl (C=O) groups is 2. The summed E-state index contributed by atoms with van der Waals surface area (Å²) in [5.74, 6) is -2.39. The molecule has 0 unspecified atom stereocenters. The highest BCUT2D eigenvalue weighted by molar-refractivity contribution is 6.07. The SMILES string of the molecule is NCCC(=O)Nc1cc(F)ccc1NC(=O)c1ccccc1F. The summed E-state index contributed by atoms with van der Waals surface area (Å²) in [6.07, 6.45) is 0.0528.